The van der Waals surface area contributed by atoms with Crippen LogP contribution in [0.4, 0.5) is 4.39 Å². The van der Waals surface area contributed by atoms with E-state index in [2.05, 4.69) is 0 Å². The van der Waals surface area contributed by atoms with Gasteiger partial charge in [0.2, 0.25) is 5.91 Å². The molecule has 19 heavy (non-hydrogen) atoms. The normalized spacial score (nSPS) is 10.5. The Morgan fingerprint density at radius 1 is 1.21 bits per heavy atom. The molecule has 0 radical (unpaired) electrons. The molecule has 1 aromatic rings. The zero-order valence-electron chi connectivity index (χ0n) is 11.0. The highest BCUT2D eigenvalue weighted by atomic mass is 19.1. The van der Waals surface area contributed by atoms with Crippen molar-refractivity contribution in [2.45, 2.75) is 6.54 Å². The van der Waals surface area contributed by atoms with Crippen molar-refractivity contribution in [2.75, 3.05) is 27.2 Å². The van der Waals surface area contributed by atoms with Crippen LogP contribution in [0.25, 0.3) is 0 Å². The zero-order chi connectivity index (χ0) is 14.4. The molecule has 0 saturated carbocycles. The Labute approximate surface area is 111 Å². The van der Waals surface area contributed by atoms with Crippen molar-refractivity contribution in [2.24, 2.45) is 0 Å². The third kappa shape index (κ3) is 5.05. The summed E-state index contributed by atoms with van der Waals surface area (Å²) in [7, 11) is 3.10. The van der Waals surface area contributed by atoms with Crippen LogP contribution in [0.2, 0.25) is 0 Å². The van der Waals surface area contributed by atoms with E-state index in [9.17, 15) is 14.0 Å². The highest BCUT2D eigenvalue weighted by molar-refractivity contribution is 5.78. The number of amides is 1. The average Bonchev–Trinajstić information content (AvgIpc) is 2.30. The van der Waals surface area contributed by atoms with E-state index in [0.717, 1.165) is 0 Å². The zero-order valence-corrected chi connectivity index (χ0v) is 11.0. The van der Waals surface area contributed by atoms with Gasteiger partial charge in [0.25, 0.3) is 0 Å². The van der Waals surface area contributed by atoms with Crippen LogP contribution in [0.15, 0.2) is 24.3 Å². The Kier molecular flexibility index (Phi) is 5.44. The SMILES string of the molecule is CN(CC(=O)O)CC(=O)N(C)Cc1ccccc1F. The predicted octanol–water partition coefficient (Wildman–Crippen LogP) is 0.801. The van der Waals surface area contributed by atoms with Gasteiger partial charge >= 0.3 is 5.97 Å². The smallest absolute Gasteiger partial charge is 0.317 e. The number of likely N-dealkylation sites (N-methyl/N-ethyl adjacent to an activating group) is 2. The molecule has 0 aliphatic rings. The molecule has 1 rings (SSSR count). The minimum Gasteiger partial charge on any atom is -0.480 e. The molecule has 0 aromatic heterocycles. The van der Waals surface area contributed by atoms with E-state index in [-0.39, 0.29) is 31.4 Å². The molecule has 1 aromatic carbocycles. The Morgan fingerprint density at radius 3 is 2.42 bits per heavy atom. The minimum atomic E-state index is -0.993. The maximum atomic E-state index is 13.4. The Bertz CT molecular complexity index is 465. The maximum Gasteiger partial charge on any atom is 0.317 e. The van der Waals surface area contributed by atoms with Gasteiger partial charge in [-0.2, -0.15) is 0 Å². The standard InChI is InChI=1S/C13H17FN2O3/c1-15(9-13(18)19)8-12(17)16(2)7-10-5-3-4-6-11(10)14/h3-6H,7-9H2,1-2H3,(H,18,19). The summed E-state index contributed by atoms with van der Waals surface area (Å²) in [5, 5.41) is 8.59. The molecule has 1 amide bonds. The number of nitrogens with zero attached hydrogens (tertiary/aromatic N) is 2. The van der Waals surface area contributed by atoms with Gasteiger partial charge in [-0.15, -0.1) is 0 Å². The van der Waals surface area contributed by atoms with Crippen LogP contribution in [0.3, 0.4) is 0 Å². The first-order valence-electron chi connectivity index (χ1n) is 5.78. The van der Waals surface area contributed by atoms with E-state index in [1.807, 2.05) is 0 Å². The second-order valence-electron chi connectivity index (χ2n) is 4.41. The van der Waals surface area contributed by atoms with E-state index < -0.39 is 5.97 Å². The number of carbonyl (C=O) groups excluding carboxylic acids is 1. The summed E-state index contributed by atoms with van der Waals surface area (Å²) < 4.78 is 13.4. The molecule has 0 heterocycles. The molecule has 0 atom stereocenters. The van der Waals surface area contributed by atoms with Crippen molar-refractivity contribution in [1.82, 2.24) is 9.80 Å². The molecule has 1 N–H and O–H groups in total. The van der Waals surface area contributed by atoms with Crippen LogP contribution in [-0.2, 0) is 16.1 Å². The monoisotopic (exact) mass is 268 g/mol. The largest absolute Gasteiger partial charge is 0.480 e. The van der Waals surface area contributed by atoms with E-state index in [1.54, 1.807) is 32.3 Å². The summed E-state index contributed by atoms with van der Waals surface area (Å²) in [6.07, 6.45) is 0. The molecule has 5 nitrogen and oxygen atoms in total. The molecule has 0 bridgehead atoms. The Morgan fingerprint density at radius 2 is 1.84 bits per heavy atom. The third-order valence-electron chi connectivity index (χ3n) is 2.60. The van der Waals surface area contributed by atoms with Crippen LogP contribution < -0.4 is 0 Å². The quantitative estimate of drug-likeness (QED) is 0.829. The lowest BCUT2D eigenvalue weighted by Crippen LogP contribution is -2.38. The fourth-order valence-corrected chi connectivity index (χ4v) is 1.61. The summed E-state index contributed by atoms with van der Waals surface area (Å²) in [6, 6.07) is 6.23. The van der Waals surface area contributed by atoms with Crippen molar-refractivity contribution in [3.8, 4) is 0 Å². The highest BCUT2D eigenvalue weighted by Crippen LogP contribution is 2.09. The predicted molar refractivity (Wildman–Crippen MR) is 68.0 cm³/mol. The van der Waals surface area contributed by atoms with Gasteiger partial charge in [-0.25, -0.2) is 4.39 Å². The summed E-state index contributed by atoms with van der Waals surface area (Å²) in [6.45, 7) is -0.0665. The second kappa shape index (κ2) is 6.84. The highest BCUT2D eigenvalue weighted by Gasteiger charge is 2.14. The molecule has 0 fully saturated rings. The van der Waals surface area contributed by atoms with Gasteiger partial charge in [0, 0.05) is 19.2 Å². The fourth-order valence-electron chi connectivity index (χ4n) is 1.61. The van der Waals surface area contributed by atoms with Gasteiger partial charge in [0.05, 0.1) is 13.1 Å². The first kappa shape index (κ1) is 15.1. The number of halogens is 1. The number of hydrogen-bond acceptors (Lipinski definition) is 3. The number of carboxylic acids is 1. The molecular formula is C13H17FN2O3. The van der Waals surface area contributed by atoms with Crippen LogP contribution >= 0.6 is 0 Å². The lowest BCUT2D eigenvalue weighted by molar-refractivity contribution is -0.139. The maximum absolute atomic E-state index is 13.4. The molecule has 0 aliphatic carbocycles. The van der Waals surface area contributed by atoms with E-state index in [1.165, 1.54) is 15.9 Å². The van der Waals surface area contributed by atoms with Crippen molar-refractivity contribution >= 4 is 11.9 Å². The molecule has 104 valence electrons. The molecule has 0 spiro atoms. The van der Waals surface area contributed by atoms with Crippen molar-refractivity contribution in [3.05, 3.63) is 35.6 Å². The van der Waals surface area contributed by atoms with Gasteiger partial charge in [-0.05, 0) is 13.1 Å². The van der Waals surface area contributed by atoms with Gasteiger partial charge in [-0.3, -0.25) is 14.5 Å². The Balaban J connectivity index is 2.54. The molecule has 6 heteroatoms. The van der Waals surface area contributed by atoms with E-state index >= 15 is 0 Å². The van der Waals surface area contributed by atoms with Gasteiger partial charge < -0.3 is 10.0 Å². The summed E-state index contributed by atoms with van der Waals surface area (Å²) in [5.41, 5.74) is 0.430. The number of carbonyl (C=O) groups is 2. The average molecular weight is 268 g/mol. The van der Waals surface area contributed by atoms with Crippen LogP contribution in [0.5, 0.6) is 0 Å². The van der Waals surface area contributed by atoms with Gasteiger partial charge in [0.1, 0.15) is 5.82 Å². The first-order valence-corrected chi connectivity index (χ1v) is 5.78. The number of carboxylic acid groups (broad SMARTS) is 1. The number of aliphatic carboxylic acids is 1. The fraction of sp³-hybridized carbons (Fsp3) is 0.385. The first-order chi connectivity index (χ1) is 8.90. The molecular weight excluding hydrogens is 251 g/mol. The van der Waals surface area contributed by atoms with Crippen LogP contribution in [0, 0.1) is 5.82 Å². The summed E-state index contributed by atoms with van der Waals surface area (Å²) >= 11 is 0. The summed E-state index contributed by atoms with van der Waals surface area (Å²) in [4.78, 5) is 25.1. The minimum absolute atomic E-state index is 0.0166. The lowest BCUT2D eigenvalue weighted by atomic mass is 10.2. The van der Waals surface area contributed by atoms with Crippen LogP contribution in [-0.4, -0.2) is 54.0 Å². The van der Waals surface area contributed by atoms with Crippen LogP contribution in [0.1, 0.15) is 5.56 Å². The lowest BCUT2D eigenvalue weighted by Gasteiger charge is -2.21. The van der Waals surface area contributed by atoms with Crippen molar-refractivity contribution in [3.63, 3.8) is 0 Å². The van der Waals surface area contributed by atoms with E-state index in [0.29, 0.717) is 5.56 Å². The molecule has 0 saturated heterocycles. The molecule has 0 aliphatic heterocycles. The van der Waals surface area contributed by atoms with Crippen molar-refractivity contribution in [1.29, 1.82) is 0 Å². The topological polar surface area (TPSA) is 60.9 Å². The van der Waals surface area contributed by atoms with Crippen molar-refractivity contribution < 1.29 is 19.1 Å². The molecule has 0 unspecified atom stereocenters. The van der Waals surface area contributed by atoms with Gasteiger partial charge in [0.15, 0.2) is 0 Å². The van der Waals surface area contributed by atoms with Gasteiger partial charge in [-0.1, -0.05) is 18.2 Å². The third-order valence-corrected chi connectivity index (χ3v) is 2.60. The Hall–Kier alpha value is -1.95. The number of rotatable bonds is 6. The second-order valence-corrected chi connectivity index (χ2v) is 4.41. The number of benzene rings is 1. The van der Waals surface area contributed by atoms with E-state index in [4.69, 9.17) is 5.11 Å². The summed E-state index contributed by atoms with van der Waals surface area (Å²) in [5.74, 6) is -1.61. The number of hydrogen-bond donors (Lipinski definition) is 1.